The minimum absolute atomic E-state index is 0.0491. The van der Waals surface area contributed by atoms with Crippen LogP contribution in [0.5, 0.6) is 0 Å². The summed E-state index contributed by atoms with van der Waals surface area (Å²) in [5.41, 5.74) is -0.359. The molecule has 1 aliphatic rings. The number of hydrogen-bond acceptors (Lipinski definition) is 3. The van der Waals surface area contributed by atoms with Crippen molar-refractivity contribution < 1.29 is 9.59 Å². The molecule has 0 aromatic heterocycles. The SMILES string of the molecule is CNCCCC(=O)NCC1(C(=O)N(C)C)CCCC1. The van der Waals surface area contributed by atoms with Gasteiger partial charge in [-0.05, 0) is 32.9 Å². The first kappa shape index (κ1) is 16.0. The van der Waals surface area contributed by atoms with Crippen molar-refractivity contribution in [3.63, 3.8) is 0 Å². The zero-order valence-electron chi connectivity index (χ0n) is 12.4. The Morgan fingerprint density at radius 1 is 1.21 bits per heavy atom. The molecular weight excluding hydrogens is 242 g/mol. The van der Waals surface area contributed by atoms with E-state index in [-0.39, 0.29) is 17.2 Å². The van der Waals surface area contributed by atoms with Crippen LogP contribution in [0, 0.1) is 5.41 Å². The first-order valence-electron chi connectivity index (χ1n) is 7.15. The van der Waals surface area contributed by atoms with E-state index in [0.29, 0.717) is 13.0 Å². The number of amides is 2. The van der Waals surface area contributed by atoms with Gasteiger partial charge in [-0.2, -0.15) is 0 Å². The van der Waals surface area contributed by atoms with Crippen molar-refractivity contribution in [2.24, 2.45) is 5.41 Å². The smallest absolute Gasteiger partial charge is 0.230 e. The molecule has 1 saturated carbocycles. The lowest BCUT2D eigenvalue weighted by molar-refractivity contribution is -0.139. The van der Waals surface area contributed by atoms with Crippen molar-refractivity contribution in [3.8, 4) is 0 Å². The maximum absolute atomic E-state index is 12.3. The highest BCUT2D eigenvalue weighted by Gasteiger charge is 2.42. The van der Waals surface area contributed by atoms with Crippen molar-refractivity contribution in [2.75, 3.05) is 34.2 Å². The normalized spacial score (nSPS) is 17.2. The van der Waals surface area contributed by atoms with Crippen molar-refractivity contribution >= 4 is 11.8 Å². The van der Waals surface area contributed by atoms with E-state index in [9.17, 15) is 9.59 Å². The summed E-state index contributed by atoms with van der Waals surface area (Å²) in [6.07, 6.45) is 5.29. The predicted octanol–water partition coefficient (Wildman–Crippen LogP) is 0.751. The molecule has 110 valence electrons. The van der Waals surface area contributed by atoms with Crippen LogP contribution in [-0.2, 0) is 9.59 Å². The van der Waals surface area contributed by atoms with Gasteiger partial charge in [0.1, 0.15) is 0 Å². The molecule has 0 unspecified atom stereocenters. The number of carbonyl (C=O) groups is 2. The summed E-state index contributed by atoms with van der Waals surface area (Å²) in [6.45, 7) is 1.33. The van der Waals surface area contributed by atoms with Gasteiger partial charge in [0, 0.05) is 27.1 Å². The molecule has 0 radical (unpaired) electrons. The molecule has 2 N–H and O–H groups in total. The number of nitrogens with zero attached hydrogens (tertiary/aromatic N) is 1. The van der Waals surface area contributed by atoms with E-state index in [2.05, 4.69) is 10.6 Å². The molecule has 0 aliphatic heterocycles. The summed E-state index contributed by atoms with van der Waals surface area (Å²) in [5.74, 6) is 0.202. The van der Waals surface area contributed by atoms with Gasteiger partial charge >= 0.3 is 0 Å². The molecule has 19 heavy (non-hydrogen) atoms. The molecule has 1 aliphatic carbocycles. The van der Waals surface area contributed by atoms with Crippen molar-refractivity contribution in [1.29, 1.82) is 0 Å². The van der Waals surface area contributed by atoms with Crippen LogP contribution in [0.3, 0.4) is 0 Å². The quantitative estimate of drug-likeness (QED) is 0.671. The highest BCUT2D eigenvalue weighted by Crippen LogP contribution is 2.38. The summed E-state index contributed by atoms with van der Waals surface area (Å²) < 4.78 is 0. The van der Waals surface area contributed by atoms with Crippen molar-refractivity contribution in [3.05, 3.63) is 0 Å². The topological polar surface area (TPSA) is 61.4 Å². The minimum atomic E-state index is -0.359. The van der Waals surface area contributed by atoms with Gasteiger partial charge in [-0.3, -0.25) is 9.59 Å². The molecule has 0 saturated heterocycles. The van der Waals surface area contributed by atoms with Gasteiger partial charge in [-0.1, -0.05) is 12.8 Å². The average molecular weight is 269 g/mol. The zero-order valence-corrected chi connectivity index (χ0v) is 12.4. The number of carbonyl (C=O) groups excluding carboxylic acids is 2. The van der Waals surface area contributed by atoms with E-state index in [1.54, 1.807) is 19.0 Å². The Balaban J connectivity index is 2.46. The summed E-state index contributed by atoms with van der Waals surface area (Å²) in [6, 6.07) is 0. The Kier molecular flexibility index (Phi) is 6.28. The summed E-state index contributed by atoms with van der Waals surface area (Å²) in [5, 5.41) is 5.97. The van der Waals surface area contributed by atoms with E-state index in [1.165, 1.54) is 0 Å². The maximum atomic E-state index is 12.3. The van der Waals surface area contributed by atoms with Gasteiger partial charge in [0.25, 0.3) is 0 Å². The van der Waals surface area contributed by atoms with Crippen LogP contribution < -0.4 is 10.6 Å². The van der Waals surface area contributed by atoms with Crippen LogP contribution in [0.2, 0.25) is 0 Å². The monoisotopic (exact) mass is 269 g/mol. The van der Waals surface area contributed by atoms with Crippen molar-refractivity contribution in [1.82, 2.24) is 15.5 Å². The fourth-order valence-electron chi connectivity index (χ4n) is 2.77. The lowest BCUT2D eigenvalue weighted by Gasteiger charge is -2.30. The Hall–Kier alpha value is -1.10. The number of hydrogen-bond donors (Lipinski definition) is 2. The Bertz CT molecular complexity index is 310. The molecule has 2 amide bonds. The Morgan fingerprint density at radius 2 is 1.84 bits per heavy atom. The molecule has 5 heteroatoms. The Labute approximate surface area is 116 Å². The first-order valence-corrected chi connectivity index (χ1v) is 7.15. The van der Waals surface area contributed by atoms with Crippen LogP contribution >= 0.6 is 0 Å². The second-order valence-corrected chi connectivity index (χ2v) is 5.67. The zero-order chi connectivity index (χ0) is 14.3. The molecule has 1 fully saturated rings. The largest absolute Gasteiger partial charge is 0.355 e. The summed E-state index contributed by atoms with van der Waals surface area (Å²) in [7, 11) is 5.45. The van der Waals surface area contributed by atoms with Crippen LogP contribution in [0.4, 0.5) is 0 Å². The second-order valence-electron chi connectivity index (χ2n) is 5.67. The summed E-state index contributed by atoms with van der Waals surface area (Å²) in [4.78, 5) is 25.7. The van der Waals surface area contributed by atoms with Gasteiger partial charge in [0.05, 0.1) is 5.41 Å². The lowest BCUT2D eigenvalue weighted by atomic mass is 9.84. The van der Waals surface area contributed by atoms with E-state index in [1.807, 2.05) is 7.05 Å². The van der Waals surface area contributed by atoms with E-state index >= 15 is 0 Å². The van der Waals surface area contributed by atoms with Gasteiger partial charge in [-0.25, -0.2) is 0 Å². The molecule has 0 spiro atoms. The van der Waals surface area contributed by atoms with Gasteiger partial charge < -0.3 is 15.5 Å². The molecule has 1 rings (SSSR count). The van der Waals surface area contributed by atoms with E-state index in [4.69, 9.17) is 0 Å². The van der Waals surface area contributed by atoms with E-state index < -0.39 is 0 Å². The van der Waals surface area contributed by atoms with Crippen LogP contribution in [-0.4, -0.2) is 50.9 Å². The standard InChI is InChI=1S/C14H27N3O2/c1-15-10-6-7-12(18)16-11-14(8-4-5-9-14)13(19)17(2)3/h15H,4-11H2,1-3H3,(H,16,18). The molecule has 0 atom stereocenters. The maximum Gasteiger partial charge on any atom is 0.230 e. The third-order valence-electron chi connectivity index (χ3n) is 3.88. The van der Waals surface area contributed by atoms with E-state index in [0.717, 1.165) is 38.6 Å². The fourth-order valence-corrected chi connectivity index (χ4v) is 2.77. The number of rotatable bonds is 7. The predicted molar refractivity (Wildman–Crippen MR) is 75.8 cm³/mol. The fraction of sp³-hybridized carbons (Fsp3) is 0.857. The second kappa shape index (κ2) is 7.48. The van der Waals surface area contributed by atoms with Crippen LogP contribution in [0.15, 0.2) is 0 Å². The third-order valence-corrected chi connectivity index (χ3v) is 3.88. The van der Waals surface area contributed by atoms with Crippen LogP contribution in [0.25, 0.3) is 0 Å². The summed E-state index contributed by atoms with van der Waals surface area (Å²) >= 11 is 0. The molecule has 0 heterocycles. The highest BCUT2D eigenvalue weighted by atomic mass is 16.2. The van der Waals surface area contributed by atoms with Gasteiger partial charge in [0.2, 0.25) is 11.8 Å². The molecule has 0 aromatic carbocycles. The van der Waals surface area contributed by atoms with Gasteiger partial charge in [-0.15, -0.1) is 0 Å². The Morgan fingerprint density at radius 3 is 2.37 bits per heavy atom. The van der Waals surface area contributed by atoms with Crippen LogP contribution in [0.1, 0.15) is 38.5 Å². The average Bonchev–Trinajstić information content (AvgIpc) is 2.85. The van der Waals surface area contributed by atoms with Crippen molar-refractivity contribution in [2.45, 2.75) is 38.5 Å². The lowest BCUT2D eigenvalue weighted by Crippen LogP contribution is -2.46. The molecule has 0 bridgehead atoms. The van der Waals surface area contributed by atoms with Gasteiger partial charge in [0.15, 0.2) is 0 Å². The highest BCUT2D eigenvalue weighted by molar-refractivity contribution is 5.84. The molecule has 0 aromatic rings. The first-order chi connectivity index (χ1) is 9.02. The molecular formula is C14H27N3O2. The third kappa shape index (κ3) is 4.49. The number of nitrogens with one attached hydrogen (secondary N) is 2. The molecule has 5 nitrogen and oxygen atoms in total. The minimum Gasteiger partial charge on any atom is -0.355 e.